The van der Waals surface area contributed by atoms with Gasteiger partial charge in [0.05, 0.1) is 11.6 Å². The molecule has 32 heavy (non-hydrogen) atoms. The summed E-state index contributed by atoms with van der Waals surface area (Å²) in [4.78, 5) is 38.5. The van der Waals surface area contributed by atoms with Gasteiger partial charge in [-0.15, -0.1) is 5.10 Å². The van der Waals surface area contributed by atoms with Crippen LogP contribution in [0.4, 0.5) is 15.9 Å². The minimum atomic E-state index is -0.390. The minimum Gasteiger partial charge on any atom is -0.354 e. The Morgan fingerprint density at radius 2 is 1.75 bits per heavy atom. The molecule has 0 aliphatic carbocycles. The second kappa shape index (κ2) is 9.13. The summed E-state index contributed by atoms with van der Waals surface area (Å²) in [5, 5.41) is 7.36. The fraction of sp³-hybridized carbons (Fsp3) is 0.250. The van der Waals surface area contributed by atoms with E-state index in [1.165, 1.54) is 41.9 Å². The maximum Gasteiger partial charge on any atom is 0.271 e. The van der Waals surface area contributed by atoms with Crippen molar-refractivity contribution in [1.82, 2.24) is 9.78 Å². The summed E-state index contributed by atoms with van der Waals surface area (Å²) < 4.78 is 14.5. The molecule has 1 N–H and O–H groups in total. The average molecular weight is 434 g/mol. The fourth-order valence-electron chi connectivity index (χ4n) is 3.77. The van der Waals surface area contributed by atoms with Gasteiger partial charge >= 0.3 is 0 Å². The number of Topliss-reactive ketones (excluding diaryl/α,β-unsaturated/α-hetero) is 1. The summed E-state index contributed by atoms with van der Waals surface area (Å²) >= 11 is 0. The Labute approximate surface area is 184 Å². The summed E-state index contributed by atoms with van der Waals surface area (Å²) in [6.07, 6.45) is 1.55. The number of aromatic nitrogens is 2. The van der Waals surface area contributed by atoms with Gasteiger partial charge in [-0.2, -0.15) is 4.68 Å². The first-order valence-electron chi connectivity index (χ1n) is 10.4. The first-order valence-corrected chi connectivity index (χ1v) is 10.4. The van der Waals surface area contributed by atoms with Crippen LogP contribution < -0.4 is 15.8 Å². The average Bonchev–Trinajstić information content (AvgIpc) is 2.80. The summed E-state index contributed by atoms with van der Waals surface area (Å²) in [6.45, 7) is 2.68. The third-order valence-electron chi connectivity index (χ3n) is 5.53. The van der Waals surface area contributed by atoms with Crippen LogP contribution in [0.25, 0.3) is 5.69 Å². The Kier molecular flexibility index (Phi) is 6.11. The third-order valence-corrected chi connectivity index (χ3v) is 5.53. The molecular formula is C24H23FN4O3. The van der Waals surface area contributed by atoms with E-state index in [2.05, 4.69) is 10.4 Å². The third kappa shape index (κ3) is 4.74. The molecule has 0 spiro atoms. The first kappa shape index (κ1) is 21.4. The van der Waals surface area contributed by atoms with E-state index < -0.39 is 5.82 Å². The van der Waals surface area contributed by atoms with Gasteiger partial charge in [0.25, 0.3) is 5.56 Å². The van der Waals surface area contributed by atoms with E-state index in [0.717, 1.165) is 12.8 Å². The molecule has 1 saturated heterocycles. The van der Waals surface area contributed by atoms with Gasteiger partial charge in [-0.05, 0) is 74.4 Å². The predicted octanol–water partition coefficient (Wildman–Crippen LogP) is 3.43. The van der Waals surface area contributed by atoms with Gasteiger partial charge in [-0.3, -0.25) is 14.4 Å². The Balaban J connectivity index is 1.48. The molecule has 1 fully saturated rings. The largest absolute Gasteiger partial charge is 0.354 e. The first-order chi connectivity index (χ1) is 15.4. The number of nitrogens with one attached hydrogen (secondary N) is 1. The molecule has 8 heteroatoms. The standard InChI is InChI=1S/C24H23FN4O3/c1-16(30)17-4-8-20(9-5-17)26-24(32)18-3-2-14-28(15-18)22-12-13-23(31)29(27-22)21-10-6-19(25)7-11-21/h4-13,18H,2-3,14-15H2,1H3,(H,26,32). The number of carbonyl (C=O) groups is 2. The summed E-state index contributed by atoms with van der Waals surface area (Å²) in [7, 11) is 0. The van der Waals surface area contributed by atoms with Crippen molar-refractivity contribution in [1.29, 1.82) is 0 Å². The highest BCUT2D eigenvalue weighted by atomic mass is 19.1. The van der Waals surface area contributed by atoms with Gasteiger partial charge in [0.15, 0.2) is 5.78 Å². The molecule has 2 aromatic carbocycles. The van der Waals surface area contributed by atoms with Crippen LogP contribution in [0.5, 0.6) is 0 Å². The highest BCUT2D eigenvalue weighted by Crippen LogP contribution is 2.23. The van der Waals surface area contributed by atoms with Crippen molar-refractivity contribution >= 4 is 23.2 Å². The number of amides is 1. The van der Waals surface area contributed by atoms with Gasteiger partial charge in [-0.25, -0.2) is 4.39 Å². The van der Waals surface area contributed by atoms with Gasteiger partial charge in [-0.1, -0.05) is 0 Å². The Hall–Kier alpha value is -3.81. The highest BCUT2D eigenvalue weighted by Gasteiger charge is 2.27. The lowest BCUT2D eigenvalue weighted by molar-refractivity contribution is -0.120. The molecule has 0 saturated carbocycles. The van der Waals surface area contributed by atoms with Gasteiger partial charge in [0.2, 0.25) is 5.91 Å². The zero-order valence-corrected chi connectivity index (χ0v) is 17.6. The number of ketones is 1. The monoisotopic (exact) mass is 434 g/mol. The lowest BCUT2D eigenvalue weighted by atomic mass is 9.97. The normalized spacial score (nSPS) is 15.9. The number of anilines is 2. The van der Waals surface area contributed by atoms with Crippen molar-refractivity contribution in [3.63, 3.8) is 0 Å². The SMILES string of the molecule is CC(=O)c1ccc(NC(=O)C2CCCN(c3ccc(=O)n(-c4ccc(F)cc4)n3)C2)cc1. The molecule has 1 aliphatic heterocycles. The number of carbonyl (C=O) groups excluding carboxylic acids is 2. The zero-order chi connectivity index (χ0) is 22.7. The Morgan fingerprint density at radius 3 is 2.44 bits per heavy atom. The summed E-state index contributed by atoms with van der Waals surface area (Å²) in [5.74, 6) is -0.183. The maximum absolute atomic E-state index is 13.2. The van der Waals surface area contributed by atoms with Crippen LogP contribution in [0.3, 0.4) is 0 Å². The fourth-order valence-corrected chi connectivity index (χ4v) is 3.77. The maximum atomic E-state index is 13.2. The van der Waals surface area contributed by atoms with Crippen LogP contribution in [0.15, 0.2) is 65.5 Å². The molecule has 164 valence electrons. The molecule has 1 aliphatic rings. The molecule has 7 nitrogen and oxygen atoms in total. The number of halogens is 1. The van der Waals surface area contributed by atoms with Crippen molar-refractivity contribution in [3.8, 4) is 5.69 Å². The van der Waals surface area contributed by atoms with Crippen LogP contribution in [-0.4, -0.2) is 34.6 Å². The molecule has 0 radical (unpaired) electrons. The van der Waals surface area contributed by atoms with Crippen LogP contribution in [0.1, 0.15) is 30.1 Å². The Bertz CT molecular complexity index is 1190. The molecule has 4 rings (SSSR count). The van der Waals surface area contributed by atoms with Crippen LogP contribution in [-0.2, 0) is 4.79 Å². The van der Waals surface area contributed by atoms with E-state index in [0.29, 0.717) is 35.8 Å². The van der Waals surface area contributed by atoms with E-state index in [9.17, 15) is 18.8 Å². The molecule has 1 amide bonds. The van der Waals surface area contributed by atoms with Crippen molar-refractivity contribution in [3.05, 3.63) is 82.4 Å². The van der Waals surface area contributed by atoms with Crippen molar-refractivity contribution < 1.29 is 14.0 Å². The molecule has 1 atom stereocenters. The lowest BCUT2D eigenvalue weighted by Crippen LogP contribution is -2.41. The van der Waals surface area contributed by atoms with Gasteiger partial charge < -0.3 is 10.2 Å². The molecule has 1 unspecified atom stereocenters. The molecule has 0 bridgehead atoms. The van der Waals surface area contributed by atoms with Crippen LogP contribution in [0, 0.1) is 11.7 Å². The predicted molar refractivity (Wildman–Crippen MR) is 120 cm³/mol. The minimum absolute atomic E-state index is 0.0275. The summed E-state index contributed by atoms with van der Waals surface area (Å²) in [6, 6.07) is 15.4. The number of piperidine rings is 1. The lowest BCUT2D eigenvalue weighted by Gasteiger charge is -2.32. The van der Waals surface area contributed by atoms with Crippen molar-refractivity contribution in [2.45, 2.75) is 19.8 Å². The van der Waals surface area contributed by atoms with Crippen LogP contribution in [0.2, 0.25) is 0 Å². The van der Waals surface area contributed by atoms with Crippen molar-refractivity contribution in [2.75, 3.05) is 23.3 Å². The number of hydrogen-bond donors (Lipinski definition) is 1. The second-order valence-corrected chi connectivity index (χ2v) is 7.83. The molecule has 1 aromatic heterocycles. The van der Waals surface area contributed by atoms with Crippen molar-refractivity contribution in [2.24, 2.45) is 5.92 Å². The molecule has 3 aromatic rings. The molecular weight excluding hydrogens is 411 g/mol. The smallest absolute Gasteiger partial charge is 0.271 e. The quantitative estimate of drug-likeness (QED) is 0.622. The van der Waals surface area contributed by atoms with E-state index in [4.69, 9.17) is 0 Å². The summed E-state index contributed by atoms with van der Waals surface area (Å²) in [5.41, 5.74) is 1.38. The second-order valence-electron chi connectivity index (χ2n) is 7.83. The van der Waals surface area contributed by atoms with E-state index >= 15 is 0 Å². The number of nitrogens with zero attached hydrogens (tertiary/aromatic N) is 3. The van der Waals surface area contributed by atoms with E-state index in [1.807, 2.05) is 4.90 Å². The van der Waals surface area contributed by atoms with E-state index in [1.54, 1.807) is 30.3 Å². The van der Waals surface area contributed by atoms with Crippen LogP contribution >= 0.6 is 0 Å². The topological polar surface area (TPSA) is 84.3 Å². The number of hydrogen-bond acceptors (Lipinski definition) is 5. The van der Waals surface area contributed by atoms with E-state index in [-0.39, 0.29) is 23.2 Å². The van der Waals surface area contributed by atoms with Gasteiger partial charge in [0, 0.05) is 30.4 Å². The number of rotatable bonds is 5. The van der Waals surface area contributed by atoms with Gasteiger partial charge in [0.1, 0.15) is 11.6 Å². The highest BCUT2D eigenvalue weighted by molar-refractivity contribution is 5.96. The zero-order valence-electron chi connectivity index (χ0n) is 17.6. The Morgan fingerprint density at radius 1 is 1.03 bits per heavy atom. The molecule has 2 heterocycles. The number of benzene rings is 2.